The van der Waals surface area contributed by atoms with Crippen LogP contribution in [0, 0.1) is 0 Å². The Morgan fingerprint density at radius 3 is 2.44 bits per heavy atom. The van der Waals surface area contributed by atoms with Gasteiger partial charge in [-0.1, -0.05) is 11.2 Å². The van der Waals surface area contributed by atoms with E-state index in [0.717, 1.165) is 19.4 Å². The van der Waals surface area contributed by atoms with Crippen LogP contribution in [0.25, 0.3) is 0 Å². The molecule has 0 aliphatic carbocycles. The number of nitrogens with one attached hydrogen (secondary N) is 1. The fourth-order valence-corrected chi connectivity index (χ4v) is 1.90. The minimum absolute atomic E-state index is 0.269. The average molecular weight is 280 g/mol. The highest BCUT2D eigenvalue weighted by molar-refractivity contribution is 7.90. The van der Waals surface area contributed by atoms with Crippen molar-refractivity contribution in [1.82, 2.24) is 5.32 Å². The lowest BCUT2D eigenvalue weighted by atomic mass is 10.2. The molecule has 0 spiro atoms. The second-order valence-electron chi connectivity index (χ2n) is 4.00. The van der Waals surface area contributed by atoms with Crippen LogP contribution in [0.2, 0.25) is 0 Å². The van der Waals surface area contributed by atoms with Gasteiger partial charge in [0, 0.05) is 6.42 Å². The van der Waals surface area contributed by atoms with Crippen LogP contribution in [0.3, 0.4) is 0 Å². The highest BCUT2D eigenvalue weighted by atomic mass is 32.2. The summed E-state index contributed by atoms with van der Waals surface area (Å²) in [5, 5.41) is 19.5. The summed E-state index contributed by atoms with van der Waals surface area (Å²) in [7, 11) is 0. The molecule has 2 unspecified atom stereocenters. The molecule has 1 rings (SSSR count). The van der Waals surface area contributed by atoms with Crippen molar-refractivity contribution in [3.05, 3.63) is 0 Å². The van der Waals surface area contributed by atoms with Crippen LogP contribution in [-0.2, 0) is 20.8 Å². The van der Waals surface area contributed by atoms with E-state index in [0.29, 0.717) is 5.75 Å². The summed E-state index contributed by atoms with van der Waals surface area (Å²) in [4.78, 5) is 20.2. The van der Waals surface area contributed by atoms with E-state index in [1.54, 1.807) is 0 Å². The molecule has 0 radical (unpaired) electrons. The van der Waals surface area contributed by atoms with Crippen molar-refractivity contribution in [2.45, 2.75) is 31.3 Å². The third kappa shape index (κ3) is 8.29. The van der Waals surface area contributed by atoms with Gasteiger partial charge in [-0.3, -0.25) is 9.59 Å². The summed E-state index contributed by atoms with van der Waals surface area (Å²) in [6, 6.07) is -1.14. The Labute approximate surface area is 109 Å². The molecule has 1 saturated heterocycles. The Balaban J connectivity index is 0.000000327. The normalized spacial score (nSPS) is 21.6. The zero-order valence-corrected chi connectivity index (χ0v) is 11.1. The predicted octanol–water partition coefficient (Wildman–Crippen LogP) is -1.01. The van der Waals surface area contributed by atoms with Crippen LogP contribution in [-0.4, -0.2) is 57.3 Å². The lowest BCUT2D eigenvalue weighted by Crippen LogP contribution is -2.32. The topological polar surface area (TPSA) is 136 Å². The van der Waals surface area contributed by atoms with Gasteiger partial charge in [-0.2, -0.15) is 0 Å². The maximum absolute atomic E-state index is 10.4. The first kappa shape index (κ1) is 17.2. The van der Waals surface area contributed by atoms with Gasteiger partial charge in [0.2, 0.25) is 0 Å². The van der Waals surface area contributed by atoms with E-state index in [9.17, 15) is 14.1 Å². The van der Waals surface area contributed by atoms with Gasteiger partial charge < -0.3 is 25.8 Å². The molecule has 106 valence electrons. The number of hydrogen-bond donors (Lipinski definition) is 4. The van der Waals surface area contributed by atoms with Crippen LogP contribution in [0.1, 0.15) is 19.3 Å². The summed E-state index contributed by atoms with van der Waals surface area (Å²) >= 11 is -0.946. The summed E-state index contributed by atoms with van der Waals surface area (Å²) < 4.78 is 10.4. The molecule has 1 fully saturated rings. The molecule has 3 atom stereocenters. The lowest BCUT2D eigenvalue weighted by Gasteiger charge is -2.06. The SMILES string of the molecule is C[S+]([O-])CCC(N)C(=O)O.O=C(O)[C@@H]1CCCN1. The molecule has 1 heterocycles. The number of carboxylic acids is 2. The molecule has 1 aliphatic heterocycles. The lowest BCUT2D eigenvalue weighted by molar-refractivity contribution is -0.139. The first-order valence-corrected chi connectivity index (χ1v) is 7.32. The van der Waals surface area contributed by atoms with E-state index in [2.05, 4.69) is 5.32 Å². The minimum Gasteiger partial charge on any atom is -0.617 e. The molecule has 8 heteroatoms. The van der Waals surface area contributed by atoms with Crippen molar-refractivity contribution in [3.63, 3.8) is 0 Å². The van der Waals surface area contributed by atoms with E-state index < -0.39 is 29.2 Å². The van der Waals surface area contributed by atoms with Gasteiger partial charge in [0.25, 0.3) is 0 Å². The Morgan fingerprint density at radius 1 is 1.56 bits per heavy atom. The summed E-state index contributed by atoms with van der Waals surface area (Å²) in [6.07, 6.45) is 3.58. The van der Waals surface area contributed by atoms with Crippen LogP contribution >= 0.6 is 0 Å². The van der Waals surface area contributed by atoms with E-state index in [-0.39, 0.29) is 12.5 Å². The van der Waals surface area contributed by atoms with Gasteiger partial charge in [-0.25, -0.2) is 0 Å². The molecule has 0 aromatic heterocycles. The van der Waals surface area contributed by atoms with Gasteiger partial charge in [-0.15, -0.1) is 0 Å². The van der Waals surface area contributed by atoms with Gasteiger partial charge in [0.15, 0.2) is 0 Å². The van der Waals surface area contributed by atoms with Crippen molar-refractivity contribution in [1.29, 1.82) is 0 Å². The molecule has 0 bridgehead atoms. The molecule has 0 aromatic rings. The first-order valence-electron chi connectivity index (χ1n) is 5.59. The van der Waals surface area contributed by atoms with Crippen molar-refractivity contribution in [2.75, 3.05) is 18.6 Å². The Kier molecular flexibility index (Phi) is 8.73. The second-order valence-corrected chi connectivity index (χ2v) is 5.55. The molecule has 7 nitrogen and oxygen atoms in total. The van der Waals surface area contributed by atoms with Crippen molar-refractivity contribution in [2.24, 2.45) is 5.73 Å². The fraction of sp³-hybridized carbons (Fsp3) is 0.800. The molecule has 0 aromatic carbocycles. The van der Waals surface area contributed by atoms with Crippen LogP contribution in [0.15, 0.2) is 0 Å². The summed E-state index contributed by atoms with van der Waals surface area (Å²) in [6.45, 7) is 0.858. The zero-order valence-electron chi connectivity index (χ0n) is 10.3. The standard InChI is InChI=1S/C5H11NO3S.C5H9NO2/c1-10(9)3-2-4(6)5(7)8;7-5(8)4-2-1-3-6-4/h4H,2-3,6H2,1H3,(H,7,8);4,6H,1-3H2,(H,7,8)/t;4-/m.0/s1. The molecule has 0 amide bonds. The number of carboxylic acid groups (broad SMARTS) is 2. The smallest absolute Gasteiger partial charge is 0.320 e. The first-order chi connectivity index (χ1) is 8.34. The second kappa shape index (κ2) is 9.15. The third-order valence-electron chi connectivity index (χ3n) is 2.39. The van der Waals surface area contributed by atoms with Gasteiger partial charge in [0.1, 0.15) is 17.8 Å². The predicted molar refractivity (Wildman–Crippen MR) is 67.8 cm³/mol. The number of hydrogen-bond acceptors (Lipinski definition) is 5. The van der Waals surface area contributed by atoms with E-state index in [4.69, 9.17) is 15.9 Å². The van der Waals surface area contributed by atoms with E-state index >= 15 is 0 Å². The van der Waals surface area contributed by atoms with Crippen molar-refractivity contribution < 1.29 is 24.4 Å². The van der Waals surface area contributed by atoms with Gasteiger partial charge in [0.05, 0.1) is 6.26 Å². The number of carbonyl (C=O) groups is 2. The third-order valence-corrected chi connectivity index (χ3v) is 3.20. The van der Waals surface area contributed by atoms with E-state index in [1.165, 1.54) is 6.26 Å². The Bertz CT molecular complexity index is 269. The van der Waals surface area contributed by atoms with Crippen molar-refractivity contribution in [3.8, 4) is 0 Å². The van der Waals surface area contributed by atoms with Crippen LogP contribution < -0.4 is 11.1 Å². The number of aliphatic carboxylic acids is 2. The average Bonchev–Trinajstić information content (AvgIpc) is 2.79. The molecule has 18 heavy (non-hydrogen) atoms. The quantitative estimate of drug-likeness (QED) is 0.474. The van der Waals surface area contributed by atoms with Crippen LogP contribution in [0.4, 0.5) is 0 Å². The molecular formula is C10H20N2O5S. The number of rotatable bonds is 5. The highest BCUT2D eigenvalue weighted by Gasteiger charge is 2.20. The van der Waals surface area contributed by atoms with Crippen LogP contribution in [0.5, 0.6) is 0 Å². The Morgan fingerprint density at radius 2 is 2.17 bits per heavy atom. The highest BCUT2D eigenvalue weighted by Crippen LogP contribution is 2.03. The molecular weight excluding hydrogens is 260 g/mol. The maximum Gasteiger partial charge on any atom is 0.320 e. The Hall–Kier alpha value is -0.830. The minimum atomic E-state index is -1.04. The number of nitrogens with two attached hydrogens (primary N) is 1. The van der Waals surface area contributed by atoms with Gasteiger partial charge in [-0.05, 0) is 19.4 Å². The van der Waals surface area contributed by atoms with E-state index in [1.807, 2.05) is 0 Å². The summed E-state index contributed by atoms with van der Waals surface area (Å²) in [5.41, 5.74) is 5.13. The zero-order chi connectivity index (χ0) is 14.1. The fourth-order valence-electron chi connectivity index (χ4n) is 1.31. The monoisotopic (exact) mass is 280 g/mol. The molecule has 5 N–H and O–H groups in total. The largest absolute Gasteiger partial charge is 0.617 e. The van der Waals surface area contributed by atoms with Gasteiger partial charge >= 0.3 is 11.9 Å². The summed E-state index contributed by atoms with van der Waals surface area (Å²) in [5.74, 6) is -1.40. The molecule has 1 aliphatic rings. The molecule has 0 saturated carbocycles. The maximum atomic E-state index is 10.4. The van der Waals surface area contributed by atoms with Crippen molar-refractivity contribution >= 4 is 23.1 Å².